The number of amides is 2. The maximum Gasteiger partial charge on any atom is 0.673 e. The van der Waals surface area contributed by atoms with Crippen molar-refractivity contribution >= 4 is 25.2 Å². The Morgan fingerprint density at radius 2 is 1.40 bits per heavy atom. The van der Waals surface area contributed by atoms with E-state index < -0.39 is 7.25 Å². The maximum absolute atomic E-state index is 9.75. The summed E-state index contributed by atoms with van der Waals surface area (Å²) in [5, 5.41) is 3.22. The van der Waals surface area contributed by atoms with E-state index in [9.17, 15) is 17.3 Å². The highest BCUT2D eigenvalue weighted by atomic mass is 35.5. The molecule has 0 aromatic carbocycles. The minimum absolute atomic E-state index is 0.230. The van der Waals surface area contributed by atoms with Crippen LogP contribution in [0.4, 0.5) is 21.2 Å². The summed E-state index contributed by atoms with van der Waals surface area (Å²) in [7, 11) is -6.00. The monoisotopic (exact) mass is 253 g/mol. The Morgan fingerprint density at radius 3 is 1.47 bits per heavy atom. The van der Waals surface area contributed by atoms with Gasteiger partial charge in [-0.15, -0.1) is 0 Å². The Balaban J connectivity index is 0. The van der Waals surface area contributed by atoms with Gasteiger partial charge < -0.3 is 34.0 Å². The van der Waals surface area contributed by atoms with Gasteiger partial charge in [0.15, 0.2) is 0 Å². The first-order chi connectivity index (χ1) is 6.77. The van der Waals surface area contributed by atoms with Gasteiger partial charge in [0.05, 0.1) is 0 Å². The van der Waals surface area contributed by atoms with Crippen LogP contribution in [-0.4, -0.2) is 26.4 Å². The molecule has 1 aliphatic rings. The molecule has 1 fully saturated rings. The molecule has 0 bridgehead atoms. The van der Waals surface area contributed by atoms with Crippen LogP contribution in [0.15, 0.2) is 0 Å². The molecule has 15 heavy (non-hydrogen) atoms. The zero-order valence-corrected chi connectivity index (χ0v) is 8.61. The minimum atomic E-state index is -6.00. The van der Waals surface area contributed by atoms with Crippen molar-refractivity contribution in [3.05, 3.63) is 0 Å². The molecule has 1 heterocycles. The third-order valence-electron chi connectivity index (χ3n) is 1.05. The van der Waals surface area contributed by atoms with Crippen molar-refractivity contribution in [3.63, 3.8) is 0 Å². The summed E-state index contributed by atoms with van der Waals surface area (Å²) in [6, 6.07) is -0.230. The highest BCUT2D eigenvalue weighted by Crippen LogP contribution is 2.06. The molecule has 10 heteroatoms. The lowest BCUT2D eigenvalue weighted by Crippen LogP contribution is -2.19. The first kappa shape index (κ1) is 16.7. The van der Waals surface area contributed by atoms with E-state index in [1.807, 2.05) is 0 Å². The van der Waals surface area contributed by atoms with Crippen molar-refractivity contribution in [2.75, 3.05) is 13.1 Å². The largest absolute Gasteiger partial charge is 0.673 e. The van der Waals surface area contributed by atoms with Gasteiger partial charge >= 0.3 is 25.2 Å². The molecule has 1 rings (SSSR count). The van der Waals surface area contributed by atoms with Gasteiger partial charge in [-0.25, -0.2) is 0 Å². The number of halogens is 5. The molecule has 0 saturated carbocycles. The quantitative estimate of drug-likeness (QED) is 0.340. The van der Waals surface area contributed by atoms with Crippen molar-refractivity contribution in [1.82, 2.24) is 5.32 Å². The molecular formula is C5H13BClF4N3O. The van der Waals surface area contributed by atoms with Crippen molar-refractivity contribution in [2.24, 2.45) is 11.5 Å². The van der Waals surface area contributed by atoms with Crippen LogP contribution in [-0.2, 0) is 0 Å². The van der Waals surface area contributed by atoms with E-state index in [0.717, 1.165) is 0 Å². The summed E-state index contributed by atoms with van der Waals surface area (Å²) in [4.78, 5) is 0. The Kier molecular flexibility index (Phi) is 11.0. The van der Waals surface area contributed by atoms with Gasteiger partial charge in [-0.05, 0) is 25.9 Å². The van der Waals surface area contributed by atoms with E-state index in [1.54, 1.807) is 0 Å². The number of hydrogen-bond acceptors (Lipinski definition) is 1. The molecule has 2 amide bonds. The predicted octanol–water partition coefficient (Wildman–Crippen LogP) is 1.38. The van der Waals surface area contributed by atoms with Crippen LogP contribution in [0.3, 0.4) is 0 Å². The van der Waals surface area contributed by atoms with Crippen LogP contribution >= 0.6 is 11.9 Å². The molecule has 1 saturated heterocycles. The van der Waals surface area contributed by atoms with E-state index in [2.05, 4.69) is 32.6 Å². The second kappa shape index (κ2) is 9.84. The van der Waals surface area contributed by atoms with Crippen LogP contribution < -0.4 is 16.8 Å². The molecular weight excluding hydrogens is 240 g/mol. The molecule has 0 aliphatic carbocycles. The van der Waals surface area contributed by atoms with Gasteiger partial charge in [-0.3, -0.25) is 0 Å². The lowest BCUT2D eigenvalue weighted by atomic mass is 10.3. The Bertz CT molecular complexity index is 159. The van der Waals surface area contributed by atoms with E-state index >= 15 is 0 Å². The zero-order chi connectivity index (χ0) is 12.3. The highest BCUT2D eigenvalue weighted by molar-refractivity contribution is 6.50. The Morgan fingerprint density at radius 1 is 1.13 bits per heavy atom. The molecule has 92 valence electrons. The highest BCUT2D eigenvalue weighted by Gasteiger charge is 2.20. The molecule has 4 nitrogen and oxygen atoms in total. The summed E-state index contributed by atoms with van der Waals surface area (Å²) in [6.45, 7) is 2.50. The summed E-state index contributed by atoms with van der Waals surface area (Å²) >= 11 is 4.55. The standard InChI is InChI=1S/C4H9N.CH4ClN2O.BF4/c1-2-4-5-3-1;2-5-1(3)4;2-1(3,4)5/h5H,1-4H2;3-4H2;/q;+1;-1. The summed E-state index contributed by atoms with van der Waals surface area (Å²) in [6.07, 6.45) is 2.78. The maximum atomic E-state index is 9.75. The molecule has 0 unspecified atom stereocenters. The average Bonchev–Trinajstić information content (AvgIpc) is 2.57. The number of nitrogens with one attached hydrogen (secondary N) is 1. The minimum Gasteiger partial charge on any atom is -0.418 e. The fraction of sp³-hybridized carbons (Fsp3) is 0.800. The SMILES string of the molecule is C1CCNC1.F[B-](F)(F)F.NC(N)=[O+]Cl. The van der Waals surface area contributed by atoms with Gasteiger partial charge in [0.25, 0.3) is 0 Å². The fourth-order valence-corrected chi connectivity index (χ4v) is 0.625. The smallest absolute Gasteiger partial charge is 0.418 e. The molecule has 0 spiro atoms. The normalized spacial score (nSPS) is 14.2. The second-order valence-electron chi connectivity index (χ2n) is 2.43. The molecule has 0 aromatic heterocycles. The first-order valence-corrected chi connectivity index (χ1v) is 4.32. The van der Waals surface area contributed by atoms with Crippen LogP contribution in [0.2, 0.25) is 0 Å². The number of urea groups is 1. The van der Waals surface area contributed by atoms with Crippen molar-refractivity contribution in [1.29, 1.82) is 0 Å². The van der Waals surface area contributed by atoms with Crippen LogP contribution in [0, 0.1) is 0 Å². The Hall–Kier alpha value is -0.695. The number of rotatable bonds is 0. The van der Waals surface area contributed by atoms with Crippen LogP contribution in [0.5, 0.6) is 0 Å². The molecule has 0 atom stereocenters. The van der Waals surface area contributed by atoms with E-state index in [0.29, 0.717) is 0 Å². The van der Waals surface area contributed by atoms with Gasteiger partial charge in [-0.1, -0.05) is 3.98 Å². The predicted molar refractivity (Wildman–Crippen MR) is 51.9 cm³/mol. The molecule has 1 aliphatic heterocycles. The molecule has 0 radical (unpaired) electrons. The third-order valence-corrected chi connectivity index (χ3v) is 1.22. The fourth-order valence-electron chi connectivity index (χ4n) is 0.625. The van der Waals surface area contributed by atoms with Crippen molar-refractivity contribution in [3.8, 4) is 0 Å². The summed E-state index contributed by atoms with van der Waals surface area (Å²) < 4.78 is 42.7. The molecule has 5 N–H and O–H groups in total. The van der Waals surface area contributed by atoms with E-state index in [-0.39, 0.29) is 6.03 Å². The number of nitrogens with two attached hydrogens (primary N) is 2. The average molecular weight is 253 g/mol. The lowest BCUT2D eigenvalue weighted by Gasteiger charge is -1.94. The number of hydrogen-bond donors (Lipinski definition) is 3. The van der Waals surface area contributed by atoms with Crippen molar-refractivity contribution in [2.45, 2.75) is 12.8 Å². The number of carbonyl (C=O) groups excluding carboxylic acids is 1. The summed E-state index contributed by atoms with van der Waals surface area (Å²) in [5.41, 5.74) is 9.26. The zero-order valence-electron chi connectivity index (χ0n) is 7.86. The van der Waals surface area contributed by atoms with Gasteiger partial charge in [-0.2, -0.15) is 0 Å². The third kappa shape index (κ3) is 42.8. The molecule has 0 aromatic rings. The van der Waals surface area contributed by atoms with E-state index in [1.165, 1.54) is 25.9 Å². The van der Waals surface area contributed by atoms with Crippen molar-refractivity contribution < 1.29 is 21.2 Å². The van der Waals surface area contributed by atoms with Gasteiger partial charge in [0, 0.05) is 0 Å². The second-order valence-corrected chi connectivity index (χ2v) is 2.59. The number of primary amides is 2. The summed E-state index contributed by atoms with van der Waals surface area (Å²) in [5.74, 6) is 0. The lowest BCUT2D eigenvalue weighted by molar-refractivity contribution is 0.0906. The van der Waals surface area contributed by atoms with E-state index in [4.69, 9.17) is 0 Å². The van der Waals surface area contributed by atoms with Crippen LogP contribution in [0.1, 0.15) is 12.8 Å². The first-order valence-electron chi connectivity index (χ1n) is 4.02. The van der Waals surface area contributed by atoms with Gasteiger partial charge in [0.1, 0.15) is 0 Å². The van der Waals surface area contributed by atoms with Gasteiger partial charge in [0.2, 0.25) is 0 Å². The topological polar surface area (TPSA) is 75.4 Å². The Labute approximate surface area is 89.9 Å². The van der Waals surface area contributed by atoms with Crippen LogP contribution in [0.25, 0.3) is 0 Å².